The number of urea groups is 1. The smallest absolute Gasteiger partial charge is 0.320 e. The molecule has 4 saturated heterocycles. The predicted molar refractivity (Wildman–Crippen MR) is 234 cm³/mol. The normalized spacial score (nSPS) is 21.3. The van der Waals surface area contributed by atoms with E-state index < -0.39 is 29.7 Å². The number of hydrogen-bond donors (Lipinski definition) is 2. The number of carbonyl (C=O) groups is 5. The van der Waals surface area contributed by atoms with Crippen LogP contribution in [0.5, 0.6) is 11.5 Å². The molecule has 3 N–H and O–H groups in total. The van der Waals surface area contributed by atoms with E-state index in [9.17, 15) is 24.0 Å². The molecule has 0 aliphatic carbocycles. The molecular weight excluding hydrogens is 801 g/mol. The Balaban J connectivity index is 0.724. The second kappa shape index (κ2) is 16.8. The summed E-state index contributed by atoms with van der Waals surface area (Å²) in [4.78, 5) is 81.0. The average molecular weight is 851 g/mol. The highest BCUT2D eigenvalue weighted by atomic mass is 16.5. The summed E-state index contributed by atoms with van der Waals surface area (Å²) in [7, 11) is 0. The highest BCUT2D eigenvalue weighted by Gasteiger charge is 2.45. The Morgan fingerprint density at radius 2 is 1.48 bits per heavy atom. The number of nitrogens with zero attached hydrogens (tertiary/aromatic N) is 8. The van der Waals surface area contributed by atoms with Gasteiger partial charge in [0.25, 0.3) is 11.8 Å². The molecule has 16 nitrogen and oxygen atoms in total. The third-order valence-corrected chi connectivity index (χ3v) is 13.6. The van der Waals surface area contributed by atoms with E-state index in [0.717, 1.165) is 93.0 Å². The van der Waals surface area contributed by atoms with Crippen molar-refractivity contribution >= 4 is 52.2 Å². The molecule has 7 heterocycles. The molecule has 5 aliphatic heterocycles. The van der Waals surface area contributed by atoms with Gasteiger partial charge < -0.3 is 25.2 Å². The van der Waals surface area contributed by atoms with Crippen LogP contribution >= 0.6 is 0 Å². The number of fused-ring (bicyclic) bond motifs is 2. The Morgan fingerprint density at radius 1 is 0.762 bits per heavy atom. The SMILES string of the molecule is Nc1ncnc2c1c(-c1ccc(Oc3ccccc3)cc1)nn2[C@@H]1CCCN(C(=O)N2CCC(CC3CCN(c4ccc5c(c4)C(=O)N(C4CCC(=O)NC4=O)C5=O)CC3)CC2)C1. The monoisotopic (exact) mass is 850 g/mol. The fraction of sp³-hybridized carbons (Fsp3) is 0.404. The number of piperidine rings is 4. The summed E-state index contributed by atoms with van der Waals surface area (Å²) in [5.41, 5.74) is 10.2. The van der Waals surface area contributed by atoms with Crippen molar-refractivity contribution in [3.8, 4) is 22.8 Å². The van der Waals surface area contributed by atoms with E-state index >= 15 is 0 Å². The second-order valence-electron chi connectivity index (χ2n) is 17.5. The number of rotatable bonds is 8. The minimum absolute atomic E-state index is 0.0651. The molecule has 5 aromatic rings. The number of hydrogen-bond acceptors (Lipinski definition) is 11. The lowest BCUT2D eigenvalue weighted by Gasteiger charge is -2.40. The number of benzene rings is 3. The first-order valence-corrected chi connectivity index (χ1v) is 22.1. The maximum atomic E-state index is 14.0. The topological polar surface area (TPSA) is 189 Å². The van der Waals surface area contributed by atoms with Gasteiger partial charge in [0.15, 0.2) is 5.65 Å². The average Bonchev–Trinajstić information content (AvgIpc) is 3.82. The maximum Gasteiger partial charge on any atom is 0.320 e. The minimum atomic E-state index is -0.978. The van der Waals surface area contributed by atoms with E-state index in [1.54, 1.807) is 12.1 Å². The van der Waals surface area contributed by atoms with Crippen molar-refractivity contribution in [1.29, 1.82) is 0 Å². The largest absolute Gasteiger partial charge is 0.457 e. The number of nitrogen functional groups attached to an aromatic ring is 1. The summed E-state index contributed by atoms with van der Waals surface area (Å²) in [6, 6.07) is 21.8. The lowest BCUT2D eigenvalue weighted by Crippen LogP contribution is -2.54. The van der Waals surface area contributed by atoms with Crippen LogP contribution in [0.15, 0.2) is 79.1 Å². The minimum Gasteiger partial charge on any atom is -0.457 e. The van der Waals surface area contributed by atoms with Gasteiger partial charge in [-0.05, 0) is 118 Å². The van der Waals surface area contributed by atoms with Crippen LogP contribution in [-0.4, -0.2) is 109 Å². The molecule has 0 bridgehead atoms. The number of aromatic nitrogens is 4. The van der Waals surface area contributed by atoms with E-state index in [2.05, 4.69) is 20.2 Å². The van der Waals surface area contributed by atoms with Crippen molar-refractivity contribution in [3.05, 3.63) is 90.3 Å². The summed E-state index contributed by atoms with van der Waals surface area (Å²) in [6.07, 6.45) is 8.54. The summed E-state index contributed by atoms with van der Waals surface area (Å²) in [5.74, 6) is 0.978. The molecule has 0 saturated carbocycles. The van der Waals surface area contributed by atoms with Crippen LogP contribution in [-0.2, 0) is 9.59 Å². The van der Waals surface area contributed by atoms with Gasteiger partial charge in [0.05, 0.1) is 22.6 Å². The van der Waals surface area contributed by atoms with Gasteiger partial charge in [-0.2, -0.15) is 5.10 Å². The van der Waals surface area contributed by atoms with Gasteiger partial charge >= 0.3 is 6.03 Å². The van der Waals surface area contributed by atoms with E-state index in [0.29, 0.717) is 64.3 Å². The molecule has 63 heavy (non-hydrogen) atoms. The summed E-state index contributed by atoms with van der Waals surface area (Å²) >= 11 is 0. The third-order valence-electron chi connectivity index (χ3n) is 13.6. The first-order chi connectivity index (χ1) is 30.7. The Kier molecular flexibility index (Phi) is 10.7. The Hall–Kier alpha value is -6.84. The van der Waals surface area contributed by atoms with Crippen molar-refractivity contribution in [3.63, 3.8) is 0 Å². The molecule has 2 aromatic heterocycles. The van der Waals surface area contributed by atoms with E-state index in [1.165, 1.54) is 6.33 Å². The predicted octanol–water partition coefficient (Wildman–Crippen LogP) is 6.04. The number of ether oxygens (including phenoxy) is 1. The fourth-order valence-electron chi connectivity index (χ4n) is 10.2. The molecule has 2 atom stereocenters. The molecule has 5 aliphatic rings. The molecule has 324 valence electrons. The first kappa shape index (κ1) is 40.2. The van der Waals surface area contributed by atoms with Crippen LogP contribution in [0, 0.1) is 11.8 Å². The van der Waals surface area contributed by atoms with Crippen molar-refractivity contribution < 1.29 is 28.7 Å². The second-order valence-corrected chi connectivity index (χ2v) is 17.5. The van der Waals surface area contributed by atoms with E-state index in [-0.39, 0.29) is 24.9 Å². The fourth-order valence-corrected chi connectivity index (χ4v) is 10.2. The van der Waals surface area contributed by atoms with Crippen molar-refractivity contribution in [1.82, 2.24) is 39.8 Å². The Bertz CT molecular complexity index is 2580. The van der Waals surface area contributed by atoms with Gasteiger partial charge in [0.1, 0.15) is 35.4 Å². The summed E-state index contributed by atoms with van der Waals surface area (Å²) < 4.78 is 7.95. The first-order valence-electron chi connectivity index (χ1n) is 22.1. The number of amides is 6. The zero-order chi connectivity index (χ0) is 43.2. The molecule has 0 spiro atoms. The van der Waals surface area contributed by atoms with Gasteiger partial charge in [-0.3, -0.25) is 29.4 Å². The van der Waals surface area contributed by atoms with Crippen LogP contribution < -0.4 is 20.7 Å². The van der Waals surface area contributed by atoms with E-state index in [1.807, 2.05) is 75.1 Å². The summed E-state index contributed by atoms with van der Waals surface area (Å²) in [6.45, 7) is 4.41. The number of carbonyl (C=O) groups excluding carboxylic acids is 5. The van der Waals surface area contributed by atoms with Gasteiger partial charge in [0, 0.05) is 56.9 Å². The van der Waals surface area contributed by atoms with E-state index in [4.69, 9.17) is 15.6 Å². The number of nitrogens with one attached hydrogen (secondary N) is 1. The molecule has 4 fully saturated rings. The van der Waals surface area contributed by atoms with Crippen LogP contribution in [0.1, 0.15) is 84.5 Å². The number of likely N-dealkylation sites (tertiary alicyclic amines) is 2. The zero-order valence-electron chi connectivity index (χ0n) is 35.0. The quantitative estimate of drug-likeness (QED) is 0.173. The van der Waals surface area contributed by atoms with Crippen LogP contribution in [0.25, 0.3) is 22.3 Å². The van der Waals surface area contributed by atoms with Crippen LogP contribution in [0.3, 0.4) is 0 Å². The standard InChI is InChI=1S/C47H50N10O6/c48-42-40-41(31-8-11-35(12-9-31)63-34-6-2-1-3-7-34)52-57(43(40)50-28-49-42)33-5-4-20-55(27-33)47(62)54-23-18-30(19-24-54)25-29-16-21-53(22-17-29)32-10-13-36-37(26-32)46(61)56(45(36)60)38-14-15-39(58)51-44(38)59/h1-3,6-13,26,28-30,33,38H,4-5,14-25,27H2,(H2,48,49,50)(H,51,58,59)/t33-,38?/m1/s1. The number of anilines is 2. The Morgan fingerprint density at radius 3 is 2.22 bits per heavy atom. The van der Waals surface area contributed by atoms with Gasteiger partial charge in [-0.15, -0.1) is 0 Å². The molecule has 3 aromatic carbocycles. The van der Waals surface area contributed by atoms with Crippen molar-refractivity contribution in [2.24, 2.45) is 11.8 Å². The molecule has 16 heteroatoms. The molecule has 0 radical (unpaired) electrons. The van der Waals surface area contributed by atoms with Crippen LogP contribution in [0.4, 0.5) is 16.3 Å². The van der Waals surface area contributed by atoms with Crippen molar-refractivity contribution in [2.75, 3.05) is 49.9 Å². The number of imide groups is 2. The lowest BCUT2D eigenvalue weighted by atomic mass is 9.82. The lowest BCUT2D eigenvalue weighted by molar-refractivity contribution is -0.136. The molecule has 10 rings (SSSR count). The van der Waals surface area contributed by atoms with Gasteiger partial charge in [-0.1, -0.05) is 18.2 Å². The number of nitrogens with two attached hydrogens (primary N) is 1. The third kappa shape index (κ3) is 7.82. The summed E-state index contributed by atoms with van der Waals surface area (Å²) in [5, 5.41) is 8.03. The molecule has 1 unspecified atom stereocenters. The number of para-hydroxylation sites is 1. The molecule has 6 amide bonds. The van der Waals surface area contributed by atoms with Gasteiger partial charge in [-0.25, -0.2) is 19.4 Å². The highest BCUT2D eigenvalue weighted by Crippen LogP contribution is 2.37. The highest BCUT2D eigenvalue weighted by molar-refractivity contribution is 6.23. The zero-order valence-corrected chi connectivity index (χ0v) is 35.0. The van der Waals surface area contributed by atoms with Crippen LogP contribution in [0.2, 0.25) is 0 Å². The maximum absolute atomic E-state index is 14.0. The Labute approximate surface area is 364 Å². The molecular formula is C47H50N10O6. The van der Waals surface area contributed by atoms with Gasteiger partial charge in [0.2, 0.25) is 11.8 Å². The van der Waals surface area contributed by atoms with Crippen molar-refractivity contribution in [2.45, 2.75) is 69.9 Å².